The molecule has 0 aliphatic heterocycles. The summed E-state index contributed by atoms with van der Waals surface area (Å²) in [6, 6.07) is 9.66. The number of carbonyl (C=O) groups is 2. The van der Waals surface area contributed by atoms with Crippen LogP contribution >= 0.6 is 23.2 Å². The van der Waals surface area contributed by atoms with Crippen LogP contribution in [0.1, 0.15) is 46.8 Å². The average Bonchev–Trinajstić information content (AvgIpc) is 2.87. The molecular weight excluding hydrogens is 387 g/mol. The van der Waals surface area contributed by atoms with Crippen molar-refractivity contribution in [3.8, 4) is 5.75 Å². The van der Waals surface area contributed by atoms with Crippen LogP contribution in [0.15, 0.2) is 30.3 Å². The first-order chi connectivity index (χ1) is 12.7. The highest BCUT2D eigenvalue weighted by atomic mass is 35.5. The number of fused-ring (bicyclic) bond motifs is 1. The first-order valence-corrected chi connectivity index (χ1v) is 9.47. The smallest absolute Gasteiger partial charge is 0.303 e. The Bertz CT molecular complexity index is 923. The molecule has 0 heterocycles. The predicted octanol–water partition coefficient (Wildman–Crippen LogP) is 5.24. The number of benzene rings is 2. The molecule has 3 rings (SSSR count). The number of carbonyl (C=O) groups excluding carboxylic acids is 1. The standard InChI is InChI=1S/C21H20Cl2O4/c1-12-5-3-6-14(9-12)21(2)11-13-10-15(27-8-4-7-16(24)25)18(22)19(23)17(13)20(21)26/h3,5-6,9-10H,4,7-8,11H2,1-2H3,(H,24,25). The normalized spacial score (nSPS) is 18.4. The lowest BCUT2D eigenvalue weighted by Gasteiger charge is -2.23. The summed E-state index contributed by atoms with van der Waals surface area (Å²) < 4.78 is 5.63. The number of ketones is 1. The molecule has 0 saturated heterocycles. The van der Waals surface area contributed by atoms with Crippen LogP contribution in [0.25, 0.3) is 0 Å². The first kappa shape index (κ1) is 19.7. The fraction of sp³-hybridized carbons (Fsp3) is 0.333. The van der Waals surface area contributed by atoms with E-state index in [1.165, 1.54) is 0 Å². The maximum Gasteiger partial charge on any atom is 0.303 e. The number of carboxylic acids is 1. The molecule has 1 aliphatic rings. The number of carboxylic acid groups (broad SMARTS) is 1. The highest BCUT2D eigenvalue weighted by molar-refractivity contribution is 6.45. The van der Waals surface area contributed by atoms with Crippen LogP contribution in [0.5, 0.6) is 5.75 Å². The zero-order chi connectivity index (χ0) is 19.8. The Balaban J connectivity index is 1.92. The van der Waals surface area contributed by atoms with Crippen molar-refractivity contribution in [3.63, 3.8) is 0 Å². The summed E-state index contributed by atoms with van der Waals surface area (Å²) in [5.41, 5.74) is 2.57. The third-order valence-corrected chi connectivity index (χ3v) is 5.82. The van der Waals surface area contributed by atoms with Crippen molar-refractivity contribution in [3.05, 3.63) is 62.6 Å². The summed E-state index contributed by atoms with van der Waals surface area (Å²) in [7, 11) is 0. The number of hydrogen-bond acceptors (Lipinski definition) is 3. The summed E-state index contributed by atoms with van der Waals surface area (Å²) in [6.07, 6.45) is 0.882. The largest absolute Gasteiger partial charge is 0.492 e. The van der Waals surface area contributed by atoms with E-state index in [-0.39, 0.29) is 28.9 Å². The van der Waals surface area contributed by atoms with Gasteiger partial charge in [0.25, 0.3) is 0 Å². The molecule has 0 amide bonds. The van der Waals surface area contributed by atoms with Crippen molar-refractivity contribution >= 4 is 35.0 Å². The monoisotopic (exact) mass is 406 g/mol. The van der Waals surface area contributed by atoms with E-state index in [4.69, 9.17) is 33.0 Å². The second-order valence-electron chi connectivity index (χ2n) is 7.09. The summed E-state index contributed by atoms with van der Waals surface area (Å²) >= 11 is 12.7. The Morgan fingerprint density at radius 3 is 2.67 bits per heavy atom. The van der Waals surface area contributed by atoms with Crippen LogP contribution in [-0.4, -0.2) is 23.5 Å². The molecule has 6 heteroatoms. The fourth-order valence-electron chi connectivity index (χ4n) is 3.51. The maximum atomic E-state index is 13.2. The van der Waals surface area contributed by atoms with E-state index >= 15 is 0 Å². The molecule has 2 aromatic rings. The molecule has 142 valence electrons. The van der Waals surface area contributed by atoms with Gasteiger partial charge in [0, 0.05) is 12.0 Å². The van der Waals surface area contributed by atoms with Crippen molar-refractivity contribution < 1.29 is 19.4 Å². The minimum atomic E-state index is -0.879. The number of aryl methyl sites for hydroxylation is 1. The number of rotatable bonds is 6. The van der Waals surface area contributed by atoms with E-state index < -0.39 is 11.4 Å². The summed E-state index contributed by atoms with van der Waals surface area (Å²) in [6.45, 7) is 4.12. The van der Waals surface area contributed by atoms with Gasteiger partial charge in [-0.15, -0.1) is 0 Å². The Morgan fingerprint density at radius 2 is 2.00 bits per heavy atom. The molecule has 0 bridgehead atoms. The predicted molar refractivity (Wildman–Crippen MR) is 105 cm³/mol. The quantitative estimate of drug-likeness (QED) is 0.665. The second-order valence-corrected chi connectivity index (χ2v) is 7.85. The third-order valence-electron chi connectivity index (χ3n) is 4.97. The highest BCUT2D eigenvalue weighted by Crippen LogP contribution is 2.47. The Morgan fingerprint density at radius 1 is 1.26 bits per heavy atom. The van der Waals surface area contributed by atoms with Gasteiger partial charge in [-0.25, -0.2) is 0 Å². The van der Waals surface area contributed by atoms with Gasteiger partial charge in [-0.1, -0.05) is 53.0 Å². The van der Waals surface area contributed by atoms with Gasteiger partial charge in [-0.2, -0.15) is 0 Å². The lowest BCUT2D eigenvalue weighted by molar-refractivity contribution is -0.137. The van der Waals surface area contributed by atoms with E-state index in [0.29, 0.717) is 24.2 Å². The van der Waals surface area contributed by atoms with Gasteiger partial charge in [0.2, 0.25) is 0 Å². The van der Waals surface area contributed by atoms with E-state index in [1.54, 1.807) is 6.07 Å². The van der Waals surface area contributed by atoms with Gasteiger partial charge in [0.05, 0.1) is 17.0 Å². The van der Waals surface area contributed by atoms with Crippen LogP contribution < -0.4 is 4.74 Å². The van der Waals surface area contributed by atoms with Crippen molar-refractivity contribution in [2.24, 2.45) is 0 Å². The SMILES string of the molecule is Cc1cccc(C2(C)Cc3cc(OCCCC(=O)O)c(Cl)c(Cl)c3C2=O)c1. The Labute approximate surface area is 168 Å². The molecule has 0 spiro atoms. The molecule has 0 aromatic heterocycles. The summed E-state index contributed by atoms with van der Waals surface area (Å²) in [4.78, 5) is 23.8. The van der Waals surface area contributed by atoms with Crippen LogP contribution in [0, 0.1) is 6.92 Å². The van der Waals surface area contributed by atoms with Gasteiger partial charge in [0.15, 0.2) is 5.78 Å². The molecule has 1 aliphatic carbocycles. The molecule has 0 radical (unpaired) electrons. The minimum Gasteiger partial charge on any atom is -0.492 e. The first-order valence-electron chi connectivity index (χ1n) is 8.71. The van der Waals surface area contributed by atoms with Crippen molar-refractivity contribution in [1.29, 1.82) is 0 Å². The number of halogens is 2. The van der Waals surface area contributed by atoms with Crippen LogP contribution in [-0.2, 0) is 16.6 Å². The van der Waals surface area contributed by atoms with E-state index in [1.807, 2.05) is 38.1 Å². The third kappa shape index (κ3) is 3.69. The number of Topliss-reactive ketones (excluding diaryl/α,β-unsaturated/α-hetero) is 1. The van der Waals surface area contributed by atoms with Gasteiger partial charge in [0.1, 0.15) is 10.8 Å². The van der Waals surface area contributed by atoms with Gasteiger partial charge >= 0.3 is 5.97 Å². The highest BCUT2D eigenvalue weighted by Gasteiger charge is 2.45. The minimum absolute atomic E-state index is 0.0141. The molecule has 1 N–H and O–H groups in total. The maximum absolute atomic E-state index is 13.2. The summed E-state index contributed by atoms with van der Waals surface area (Å²) in [5, 5.41) is 9.10. The van der Waals surface area contributed by atoms with Crippen LogP contribution in [0.2, 0.25) is 10.0 Å². The number of aliphatic carboxylic acids is 1. The van der Waals surface area contributed by atoms with Crippen LogP contribution in [0.4, 0.5) is 0 Å². The molecular formula is C21H20Cl2O4. The van der Waals surface area contributed by atoms with E-state index in [0.717, 1.165) is 16.7 Å². The molecule has 2 aromatic carbocycles. The Hall–Kier alpha value is -2.04. The number of hydrogen-bond donors (Lipinski definition) is 1. The fourth-order valence-corrected chi connectivity index (χ4v) is 4.01. The van der Waals surface area contributed by atoms with Gasteiger partial charge in [-0.05, 0) is 43.9 Å². The van der Waals surface area contributed by atoms with Crippen molar-refractivity contribution in [2.75, 3.05) is 6.61 Å². The molecule has 0 saturated carbocycles. The average molecular weight is 407 g/mol. The van der Waals surface area contributed by atoms with E-state index in [2.05, 4.69) is 0 Å². The molecule has 27 heavy (non-hydrogen) atoms. The second kappa shape index (κ2) is 7.53. The summed E-state index contributed by atoms with van der Waals surface area (Å²) in [5.74, 6) is -0.546. The molecule has 4 nitrogen and oxygen atoms in total. The lowest BCUT2D eigenvalue weighted by Crippen LogP contribution is -2.29. The lowest BCUT2D eigenvalue weighted by atomic mass is 9.78. The van der Waals surface area contributed by atoms with Crippen molar-refractivity contribution in [2.45, 2.75) is 38.5 Å². The van der Waals surface area contributed by atoms with Crippen molar-refractivity contribution in [1.82, 2.24) is 0 Å². The topological polar surface area (TPSA) is 63.6 Å². The van der Waals surface area contributed by atoms with Gasteiger partial charge < -0.3 is 9.84 Å². The zero-order valence-electron chi connectivity index (χ0n) is 15.1. The molecule has 0 fully saturated rings. The molecule has 1 unspecified atom stereocenters. The van der Waals surface area contributed by atoms with Gasteiger partial charge in [-0.3, -0.25) is 9.59 Å². The Kier molecular flexibility index (Phi) is 5.50. The van der Waals surface area contributed by atoms with Crippen LogP contribution in [0.3, 0.4) is 0 Å². The zero-order valence-corrected chi connectivity index (χ0v) is 16.7. The van der Waals surface area contributed by atoms with E-state index in [9.17, 15) is 9.59 Å². The molecule has 1 atom stereocenters. The number of ether oxygens (including phenoxy) is 1.